The number of hydrogen-bond acceptors (Lipinski definition) is 2. The summed E-state index contributed by atoms with van der Waals surface area (Å²) in [5.41, 5.74) is 4.06. The van der Waals surface area contributed by atoms with E-state index in [1.807, 2.05) is 24.3 Å². The largest absolute Gasteiger partial charge is 0.282 e. The molecular formula is C18H13ClN2O2. The van der Waals surface area contributed by atoms with E-state index >= 15 is 0 Å². The van der Waals surface area contributed by atoms with Crippen molar-refractivity contribution in [1.29, 1.82) is 0 Å². The minimum Gasteiger partial charge on any atom is -0.267 e. The van der Waals surface area contributed by atoms with Gasteiger partial charge in [0.25, 0.3) is 11.8 Å². The molecular weight excluding hydrogens is 312 g/mol. The average Bonchev–Trinajstić information content (AvgIpc) is 2.85. The first-order chi connectivity index (χ1) is 11.2. The molecule has 0 aliphatic carbocycles. The molecule has 1 N–H and O–H groups in total. The molecule has 1 aliphatic rings. The monoisotopic (exact) mass is 324 g/mol. The topological polar surface area (TPSA) is 49.4 Å². The molecule has 0 bridgehead atoms. The maximum atomic E-state index is 12.3. The summed E-state index contributed by atoms with van der Waals surface area (Å²) in [6.45, 7) is 0. The molecule has 5 heteroatoms. The second-order valence-electron chi connectivity index (χ2n) is 4.88. The predicted molar refractivity (Wildman–Crippen MR) is 90.6 cm³/mol. The molecule has 3 rings (SSSR count). The Morgan fingerprint density at radius 1 is 0.957 bits per heavy atom. The number of hydrogen-bond donors (Lipinski definition) is 1. The number of rotatable bonds is 3. The number of amides is 2. The van der Waals surface area contributed by atoms with Gasteiger partial charge in [0.1, 0.15) is 5.57 Å². The van der Waals surface area contributed by atoms with Crippen molar-refractivity contribution < 1.29 is 9.59 Å². The summed E-state index contributed by atoms with van der Waals surface area (Å²) < 4.78 is 0. The van der Waals surface area contributed by atoms with Gasteiger partial charge in [-0.2, -0.15) is 0 Å². The van der Waals surface area contributed by atoms with Gasteiger partial charge in [0, 0.05) is 5.02 Å². The molecule has 114 valence electrons. The Morgan fingerprint density at radius 3 is 2.39 bits per heavy atom. The quantitative estimate of drug-likeness (QED) is 0.695. The van der Waals surface area contributed by atoms with Gasteiger partial charge in [-0.3, -0.25) is 15.0 Å². The average molecular weight is 325 g/mol. The van der Waals surface area contributed by atoms with E-state index in [1.165, 1.54) is 11.1 Å². The van der Waals surface area contributed by atoms with Gasteiger partial charge in [-0.05, 0) is 29.8 Å². The smallest absolute Gasteiger partial charge is 0.267 e. The van der Waals surface area contributed by atoms with E-state index in [9.17, 15) is 9.59 Å². The summed E-state index contributed by atoms with van der Waals surface area (Å²) in [4.78, 5) is 24.3. The van der Waals surface area contributed by atoms with E-state index in [0.717, 1.165) is 5.56 Å². The molecule has 4 nitrogen and oxygen atoms in total. The van der Waals surface area contributed by atoms with Crippen LogP contribution in [0.15, 0.2) is 72.3 Å². The van der Waals surface area contributed by atoms with Crippen molar-refractivity contribution in [3.05, 3.63) is 82.9 Å². The van der Waals surface area contributed by atoms with E-state index in [-0.39, 0.29) is 11.5 Å². The molecule has 1 fully saturated rings. The third kappa shape index (κ3) is 3.17. The highest BCUT2D eigenvalue weighted by molar-refractivity contribution is 6.32. The maximum absolute atomic E-state index is 12.3. The lowest BCUT2D eigenvalue weighted by molar-refractivity contribution is -0.117. The zero-order valence-corrected chi connectivity index (χ0v) is 12.8. The van der Waals surface area contributed by atoms with Crippen LogP contribution in [0.4, 0.5) is 5.69 Å². The van der Waals surface area contributed by atoms with Crippen LogP contribution in [-0.2, 0) is 9.59 Å². The van der Waals surface area contributed by atoms with E-state index in [1.54, 1.807) is 42.5 Å². The molecule has 0 saturated carbocycles. The molecule has 2 amide bonds. The highest BCUT2D eigenvalue weighted by atomic mass is 35.5. The lowest BCUT2D eigenvalue weighted by atomic mass is 10.2. The molecule has 1 saturated heterocycles. The molecule has 23 heavy (non-hydrogen) atoms. The first-order valence-electron chi connectivity index (χ1n) is 7.00. The minimum atomic E-state index is -0.428. The second-order valence-corrected chi connectivity index (χ2v) is 5.29. The Bertz CT molecular complexity index is 813. The standard InChI is InChI=1S/C18H13ClN2O2/c19-16-12-5-4-7-13(16)8-6-11-15-17(22)20-21(18(15)23)14-9-2-1-3-10-14/h1-12H,(H,20,22)/b8-6+,15-11-. The van der Waals surface area contributed by atoms with Crippen LogP contribution in [0.5, 0.6) is 0 Å². The summed E-state index contributed by atoms with van der Waals surface area (Å²) in [6, 6.07) is 16.3. The molecule has 0 atom stereocenters. The van der Waals surface area contributed by atoms with Crippen molar-refractivity contribution in [3.8, 4) is 0 Å². The number of hydrazine groups is 1. The minimum absolute atomic E-state index is 0.0807. The van der Waals surface area contributed by atoms with Gasteiger partial charge in [-0.25, -0.2) is 5.01 Å². The number of para-hydroxylation sites is 1. The Balaban J connectivity index is 1.82. The number of allylic oxidation sites excluding steroid dienone is 2. The highest BCUT2D eigenvalue weighted by Gasteiger charge is 2.33. The predicted octanol–water partition coefficient (Wildman–Crippen LogP) is 3.36. The SMILES string of the molecule is O=C1NN(c2ccccc2)C(=O)/C1=C\C=C\c1ccccc1Cl. The van der Waals surface area contributed by atoms with E-state index < -0.39 is 5.91 Å². The Morgan fingerprint density at radius 2 is 1.65 bits per heavy atom. The second kappa shape index (κ2) is 6.50. The van der Waals surface area contributed by atoms with E-state index in [4.69, 9.17) is 11.6 Å². The molecule has 0 radical (unpaired) electrons. The highest BCUT2D eigenvalue weighted by Crippen LogP contribution is 2.20. The van der Waals surface area contributed by atoms with Gasteiger partial charge in [0.15, 0.2) is 0 Å². The fourth-order valence-electron chi connectivity index (χ4n) is 2.19. The summed E-state index contributed by atoms with van der Waals surface area (Å²) in [5, 5.41) is 1.84. The third-order valence-corrected chi connectivity index (χ3v) is 3.69. The number of halogens is 1. The van der Waals surface area contributed by atoms with E-state index in [0.29, 0.717) is 10.7 Å². The van der Waals surface area contributed by atoms with Crippen LogP contribution in [0.3, 0.4) is 0 Å². The zero-order chi connectivity index (χ0) is 16.2. The van der Waals surface area contributed by atoms with Gasteiger partial charge >= 0.3 is 0 Å². The van der Waals surface area contributed by atoms with Crippen LogP contribution >= 0.6 is 11.6 Å². The number of nitrogens with one attached hydrogen (secondary N) is 1. The van der Waals surface area contributed by atoms with E-state index in [2.05, 4.69) is 5.43 Å². The van der Waals surface area contributed by atoms with Crippen molar-refractivity contribution in [2.24, 2.45) is 0 Å². The summed E-state index contributed by atoms with van der Waals surface area (Å²) in [5.74, 6) is -0.812. The molecule has 2 aromatic carbocycles. The van der Waals surface area contributed by atoms with Crippen molar-refractivity contribution in [2.75, 3.05) is 5.01 Å². The number of carbonyl (C=O) groups excluding carboxylic acids is 2. The number of anilines is 1. The van der Waals surface area contributed by atoms with Gasteiger partial charge < -0.3 is 0 Å². The molecule has 0 spiro atoms. The Hall–Kier alpha value is -2.85. The van der Waals surface area contributed by atoms with Crippen LogP contribution in [0.1, 0.15) is 5.56 Å². The molecule has 1 heterocycles. The Labute approximate surface area is 138 Å². The summed E-state index contributed by atoms with van der Waals surface area (Å²) >= 11 is 6.05. The maximum Gasteiger partial charge on any atom is 0.282 e. The number of benzene rings is 2. The van der Waals surface area contributed by atoms with Crippen molar-refractivity contribution in [1.82, 2.24) is 5.43 Å². The van der Waals surface area contributed by atoms with Gasteiger partial charge in [-0.1, -0.05) is 60.2 Å². The zero-order valence-electron chi connectivity index (χ0n) is 12.1. The van der Waals surface area contributed by atoms with Crippen molar-refractivity contribution >= 4 is 35.2 Å². The number of carbonyl (C=O) groups is 2. The van der Waals surface area contributed by atoms with Crippen LogP contribution in [0.2, 0.25) is 5.02 Å². The fraction of sp³-hybridized carbons (Fsp3) is 0. The fourth-order valence-corrected chi connectivity index (χ4v) is 2.39. The van der Waals surface area contributed by atoms with Gasteiger partial charge in [-0.15, -0.1) is 0 Å². The van der Waals surface area contributed by atoms with Crippen LogP contribution < -0.4 is 10.4 Å². The van der Waals surface area contributed by atoms with Crippen LogP contribution in [0.25, 0.3) is 6.08 Å². The number of nitrogens with zero attached hydrogens (tertiary/aromatic N) is 1. The Kier molecular flexibility index (Phi) is 4.26. The third-order valence-electron chi connectivity index (χ3n) is 3.35. The molecule has 0 aromatic heterocycles. The first kappa shape index (κ1) is 15.1. The summed E-state index contributed by atoms with van der Waals surface area (Å²) in [7, 11) is 0. The lowest BCUT2D eigenvalue weighted by Crippen LogP contribution is -2.35. The van der Waals surface area contributed by atoms with Crippen LogP contribution in [0, 0.1) is 0 Å². The van der Waals surface area contributed by atoms with Crippen molar-refractivity contribution in [2.45, 2.75) is 0 Å². The van der Waals surface area contributed by atoms with Crippen LogP contribution in [-0.4, -0.2) is 11.8 Å². The van der Waals surface area contributed by atoms with Crippen molar-refractivity contribution in [3.63, 3.8) is 0 Å². The molecule has 0 unspecified atom stereocenters. The normalized spacial score (nSPS) is 16.4. The first-order valence-corrected chi connectivity index (χ1v) is 7.38. The van der Waals surface area contributed by atoms with Gasteiger partial charge in [0.2, 0.25) is 0 Å². The lowest BCUT2D eigenvalue weighted by Gasteiger charge is -2.13. The summed E-state index contributed by atoms with van der Waals surface area (Å²) in [6.07, 6.45) is 4.88. The van der Waals surface area contributed by atoms with Gasteiger partial charge in [0.05, 0.1) is 5.69 Å². The molecule has 2 aromatic rings. The molecule has 1 aliphatic heterocycles.